The van der Waals surface area contributed by atoms with Crippen LogP contribution in [0, 0.1) is 0 Å². The van der Waals surface area contributed by atoms with Gasteiger partial charge >= 0.3 is 0 Å². The lowest BCUT2D eigenvalue weighted by atomic mass is 10.2. The molecule has 20 heavy (non-hydrogen) atoms. The first-order valence-electron chi connectivity index (χ1n) is 6.95. The van der Waals surface area contributed by atoms with Crippen LogP contribution < -0.4 is 5.32 Å². The quantitative estimate of drug-likeness (QED) is 0.940. The molecule has 0 saturated heterocycles. The van der Waals surface area contributed by atoms with Gasteiger partial charge in [-0.2, -0.15) is 8.75 Å². The molecule has 1 aromatic heterocycles. The smallest absolute Gasteiger partial charge is 0.238 e. The lowest BCUT2D eigenvalue weighted by Gasteiger charge is -2.23. The maximum atomic E-state index is 12.1. The van der Waals surface area contributed by atoms with Gasteiger partial charge in [0.2, 0.25) is 5.91 Å². The summed E-state index contributed by atoms with van der Waals surface area (Å²) >= 11 is 1.17. The van der Waals surface area contributed by atoms with E-state index in [1.54, 1.807) is 0 Å². The number of fused-ring (bicyclic) bond motifs is 1. The van der Waals surface area contributed by atoms with E-state index in [0.717, 1.165) is 16.7 Å². The number of nitrogens with one attached hydrogen (secondary N) is 1. The van der Waals surface area contributed by atoms with E-state index >= 15 is 0 Å². The van der Waals surface area contributed by atoms with Gasteiger partial charge in [-0.3, -0.25) is 9.69 Å². The Kier molecular flexibility index (Phi) is 3.93. The summed E-state index contributed by atoms with van der Waals surface area (Å²) in [6.07, 6.45) is 4.96. The van der Waals surface area contributed by atoms with E-state index in [4.69, 9.17) is 0 Å². The van der Waals surface area contributed by atoms with Crippen molar-refractivity contribution >= 4 is 34.4 Å². The highest BCUT2D eigenvalue weighted by Gasteiger charge is 2.21. The van der Waals surface area contributed by atoms with E-state index in [9.17, 15) is 4.79 Å². The standard InChI is InChI=1S/C14H18N4OS/c1-18(10-5-2-3-6-10)9-13(19)15-11-7-4-8-12-14(11)17-20-16-12/h4,7-8,10H,2-3,5-6,9H2,1H3,(H,15,19). The van der Waals surface area contributed by atoms with Gasteiger partial charge in [0.05, 0.1) is 24.0 Å². The van der Waals surface area contributed by atoms with Gasteiger partial charge in [0.1, 0.15) is 11.0 Å². The maximum absolute atomic E-state index is 12.1. The summed E-state index contributed by atoms with van der Waals surface area (Å²) in [7, 11) is 2.03. The second-order valence-corrected chi connectivity index (χ2v) is 5.87. The SMILES string of the molecule is CN(CC(=O)Nc1cccc2nsnc12)C1CCCC1. The number of likely N-dealkylation sites (N-methyl/N-ethyl adjacent to an activating group) is 1. The first-order valence-corrected chi connectivity index (χ1v) is 7.68. The van der Waals surface area contributed by atoms with Crippen LogP contribution in [-0.4, -0.2) is 39.2 Å². The van der Waals surface area contributed by atoms with E-state index in [-0.39, 0.29) is 5.91 Å². The van der Waals surface area contributed by atoms with Crippen LogP contribution >= 0.6 is 11.7 Å². The number of hydrogen-bond acceptors (Lipinski definition) is 5. The summed E-state index contributed by atoms with van der Waals surface area (Å²) in [6.45, 7) is 0.429. The number of carbonyl (C=O) groups is 1. The third kappa shape index (κ3) is 2.81. The van der Waals surface area contributed by atoms with Gasteiger partial charge in [-0.05, 0) is 32.0 Å². The molecule has 5 nitrogen and oxygen atoms in total. The average molecular weight is 290 g/mol. The minimum absolute atomic E-state index is 0.0138. The zero-order chi connectivity index (χ0) is 13.9. The summed E-state index contributed by atoms with van der Waals surface area (Å²) in [4.78, 5) is 14.3. The van der Waals surface area contributed by atoms with Gasteiger partial charge in [-0.25, -0.2) is 0 Å². The Bertz CT molecular complexity index is 606. The van der Waals surface area contributed by atoms with Crippen molar-refractivity contribution < 1.29 is 4.79 Å². The van der Waals surface area contributed by atoms with Gasteiger partial charge in [-0.1, -0.05) is 18.9 Å². The average Bonchev–Trinajstić information content (AvgIpc) is 3.10. The Balaban J connectivity index is 1.65. The molecule has 0 spiro atoms. The molecule has 0 atom stereocenters. The van der Waals surface area contributed by atoms with E-state index in [1.807, 2.05) is 25.2 Å². The van der Waals surface area contributed by atoms with Crippen molar-refractivity contribution in [1.29, 1.82) is 0 Å². The summed E-state index contributed by atoms with van der Waals surface area (Å²) in [5, 5.41) is 2.95. The molecule has 0 bridgehead atoms. The number of nitrogens with zero attached hydrogens (tertiary/aromatic N) is 3. The zero-order valence-electron chi connectivity index (χ0n) is 11.5. The van der Waals surface area contributed by atoms with Crippen molar-refractivity contribution in [3.8, 4) is 0 Å². The first-order chi connectivity index (χ1) is 9.74. The Morgan fingerprint density at radius 1 is 1.40 bits per heavy atom. The van der Waals surface area contributed by atoms with Crippen molar-refractivity contribution in [3.05, 3.63) is 18.2 Å². The number of aromatic nitrogens is 2. The van der Waals surface area contributed by atoms with Crippen molar-refractivity contribution in [2.45, 2.75) is 31.7 Å². The number of anilines is 1. The van der Waals surface area contributed by atoms with Crippen LogP contribution in [0.2, 0.25) is 0 Å². The Hall–Kier alpha value is -1.53. The molecule has 2 aromatic rings. The minimum atomic E-state index is 0.0138. The number of carbonyl (C=O) groups excluding carboxylic acids is 1. The summed E-state index contributed by atoms with van der Waals surface area (Å²) in [6, 6.07) is 6.22. The molecule has 1 amide bonds. The van der Waals surface area contributed by atoms with Gasteiger partial charge in [0, 0.05) is 6.04 Å². The Morgan fingerprint density at radius 2 is 2.20 bits per heavy atom. The minimum Gasteiger partial charge on any atom is -0.323 e. The molecule has 1 N–H and O–H groups in total. The van der Waals surface area contributed by atoms with Crippen LogP contribution in [-0.2, 0) is 4.79 Å². The van der Waals surface area contributed by atoms with Gasteiger partial charge in [0.15, 0.2) is 0 Å². The van der Waals surface area contributed by atoms with Crippen LogP contribution in [0.15, 0.2) is 18.2 Å². The predicted molar refractivity (Wildman–Crippen MR) is 80.9 cm³/mol. The third-order valence-corrected chi connectivity index (χ3v) is 4.44. The zero-order valence-corrected chi connectivity index (χ0v) is 12.3. The maximum Gasteiger partial charge on any atom is 0.238 e. The van der Waals surface area contributed by atoms with Gasteiger partial charge in [-0.15, -0.1) is 0 Å². The second kappa shape index (κ2) is 5.85. The number of benzene rings is 1. The molecule has 1 fully saturated rings. The van der Waals surface area contributed by atoms with Gasteiger partial charge in [0.25, 0.3) is 0 Å². The Morgan fingerprint density at radius 3 is 3.00 bits per heavy atom. The van der Waals surface area contributed by atoms with Crippen LogP contribution in [0.3, 0.4) is 0 Å². The lowest BCUT2D eigenvalue weighted by Crippen LogP contribution is -2.36. The molecule has 0 radical (unpaired) electrons. The highest BCUT2D eigenvalue weighted by molar-refractivity contribution is 7.00. The fourth-order valence-electron chi connectivity index (χ4n) is 2.80. The molecule has 1 aliphatic carbocycles. The van der Waals surface area contributed by atoms with Crippen molar-refractivity contribution in [3.63, 3.8) is 0 Å². The molecule has 106 valence electrons. The van der Waals surface area contributed by atoms with Crippen molar-refractivity contribution in [2.75, 3.05) is 18.9 Å². The topological polar surface area (TPSA) is 58.1 Å². The molecule has 0 aliphatic heterocycles. The largest absolute Gasteiger partial charge is 0.323 e. The fraction of sp³-hybridized carbons (Fsp3) is 0.500. The summed E-state index contributed by atoms with van der Waals surface area (Å²) in [5.41, 5.74) is 2.35. The predicted octanol–water partition coefficient (Wildman–Crippen LogP) is 2.50. The monoisotopic (exact) mass is 290 g/mol. The normalized spacial score (nSPS) is 16.1. The molecular weight excluding hydrogens is 272 g/mol. The third-order valence-electron chi connectivity index (χ3n) is 3.90. The lowest BCUT2D eigenvalue weighted by molar-refractivity contribution is -0.117. The van der Waals surface area contributed by atoms with E-state index in [0.29, 0.717) is 12.6 Å². The highest BCUT2D eigenvalue weighted by atomic mass is 32.1. The molecule has 1 heterocycles. The molecule has 1 saturated carbocycles. The van der Waals surface area contributed by atoms with Crippen LogP contribution in [0.5, 0.6) is 0 Å². The van der Waals surface area contributed by atoms with Crippen LogP contribution in [0.25, 0.3) is 11.0 Å². The van der Waals surface area contributed by atoms with E-state index in [2.05, 4.69) is 19.0 Å². The summed E-state index contributed by atoms with van der Waals surface area (Å²) in [5.74, 6) is 0.0138. The molecule has 0 unspecified atom stereocenters. The molecule has 6 heteroatoms. The van der Waals surface area contributed by atoms with Crippen molar-refractivity contribution in [2.24, 2.45) is 0 Å². The molecule has 3 rings (SSSR count). The van der Waals surface area contributed by atoms with E-state index in [1.165, 1.54) is 37.4 Å². The molecule has 1 aromatic carbocycles. The number of rotatable bonds is 4. The second-order valence-electron chi connectivity index (χ2n) is 5.34. The van der Waals surface area contributed by atoms with Crippen LogP contribution in [0.1, 0.15) is 25.7 Å². The fourth-order valence-corrected chi connectivity index (χ4v) is 3.35. The van der Waals surface area contributed by atoms with Crippen LogP contribution in [0.4, 0.5) is 5.69 Å². The molecule has 1 aliphatic rings. The first kappa shape index (κ1) is 13.5. The summed E-state index contributed by atoms with van der Waals surface area (Å²) < 4.78 is 8.41. The highest BCUT2D eigenvalue weighted by Crippen LogP contribution is 2.23. The molecular formula is C14H18N4OS. The Labute approximate surface area is 122 Å². The van der Waals surface area contributed by atoms with Crippen molar-refractivity contribution in [1.82, 2.24) is 13.6 Å². The van der Waals surface area contributed by atoms with Gasteiger partial charge < -0.3 is 5.32 Å². The van der Waals surface area contributed by atoms with E-state index < -0.39 is 0 Å². The number of hydrogen-bond donors (Lipinski definition) is 1. The number of amides is 1.